The molecule has 54 valence electrons. The van der Waals surface area contributed by atoms with Gasteiger partial charge in [-0.05, 0) is 6.92 Å². The van der Waals surface area contributed by atoms with Gasteiger partial charge in [-0.25, -0.2) is 0 Å². The van der Waals surface area contributed by atoms with Crippen LogP contribution in [0.3, 0.4) is 0 Å². The van der Waals surface area contributed by atoms with Crippen LogP contribution in [-0.4, -0.2) is 9.55 Å². The van der Waals surface area contributed by atoms with Crippen LogP contribution in [0.5, 0.6) is 0 Å². The number of hydrogen-bond donors (Lipinski definition) is 1. The van der Waals surface area contributed by atoms with E-state index in [1.165, 1.54) is 10.8 Å². The molecule has 0 atom stereocenters. The fourth-order valence-corrected chi connectivity index (χ4v) is 0.665. The Morgan fingerprint density at radius 3 is 2.80 bits per heavy atom. The highest BCUT2D eigenvalue weighted by Crippen LogP contribution is 1.91. The molecule has 10 heavy (non-hydrogen) atoms. The fourth-order valence-electron chi connectivity index (χ4n) is 0.665. The predicted octanol–water partition coefficient (Wildman–Crippen LogP) is -0.329. The third kappa shape index (κ3) is 0.877. The Morgan fingerprint density at radius 1 is 1.70 bits per heavy atom. The number of aromatic nitrogens is 2. The molecule has 0 aliphatic carbocycles. The van der Waals surface area contributed by atoms with Gasteiger partial charge in [0.15, 0.2) is 0 Å². The molecule has 2 N–H and O–H groups in total. The Bertz CT molecular complexity index is 302. The number of anilines is 1. The topological polar surface area (TPSA) is 60.9 Å². The molecule has 0 saturated heterocycles. The van der Waals surface area contributed by atoms with Gasteiger partial charge in [0.2, 0.25) is 0 Å². The minimum Gasteiger partial charge on any atom is -0.384 e. The number of rotatable bonds is 0. The molecule has 0 saturated carbocycles. The first-order valence-electron chi connectivity index (χ1n) is 2.91. The van der Waals surface area contributed by atoms with Crippen molar-refractivity contribution in [2.45, 2.75) is 6.92 Å². The zero-order chi connectivity index (χ0) is 7.72. The first kappa shape index (κ1) is 6.80. The molecule has 0 amide bonds. The quantitative estimate of drug-likeness (QED) is 0.535. The lowest BCUT2D eigenvalue weighted by Gasteiger charge is -2.00. The lowest BCUT2D eigenvalue weighted by atomic mass is 10.5. The van der Waals surface area contributed by atoms with E-state index in [4.69, 9.17) is 5.73 Å². The largest absolute Gasteiger partial charge is 0.384 e. The minimum atomic E-state index is -0.139. The third-order valence-corrected chi connectivity index (χ3v) is 1.39. The zero-order valence-electron chi connectivity index (χ0n) is 5.96. The zero-order valence-corrected chi connectivity index (χ0v) is 5.96. The normalized spacial score (nSPS) is 9.80. The summed E-state index contributed by atoms with van der Waals surface area (Å²) in [6, 6.07) is 0. The predicted molar refractivity (Wildman–Crippen MR) is 38.6 cm³/mol. The maximum Gasteiger partial charge on any atom is 0.273 e. The van der Waals surface area contributed by atoms with Crippen molar-refractivity contribution in [3.63, 3.8) is 0 Å². The number of hydrogen-bond acceptors (Lipinski definition) is 3. The Kier molecular flexibility index (Phi) is 1.45. The van der Waals surface area contributed by atoms with Gasteiger partial charge in [-0.1, -0.05) is 0 Å². The van der Waals surface area contributed by atoms with E-state index in [0.29, 0.717) is 11.5 Å². The van der Waals surface area contributed by atoms with Gasteiger partial charge in [-0.2, -0.15) is 0 Å². The van der Waals surface area contributed by atoms with E-state index in [1.807, 2.05) is 0 Å². The van der Waals surface area contributed by atoms with Crippen molar-refractivity contribution < 1.29 is 0 Å². The standard InChI is InChI=1S/C6H9N3O/c1-4-6(10)9(2)5(7)3-8-4/h3H,7H2,1-2H3. The van der Waals surface area contributed by atoms with Crippen LogP contribution in [0.15, 0.2) is 11.0 Å². The summed E-state index contributed by atoms with van der Waals surface area (Å²) >= 11 is 0. The van der Waals surface area contributed by atoms with E-state index < -0.39 is 0 Å². The Balaban J connectivity index is 3.50. The summed E-state index contributed by atoms with van der Waals surface area (Å²) in [4.78, 5) is 14.8. The second-order valence-corrected chi connectivity index (χ2v) is 2.13. The van der Waals surface area contributed by atoms with Crippen molar-refractivity contribution in [3.05, 3.63) is 22.2 Å². The highest BCUT2D eigenvalue weighted by Gasteiger charge is 1.97. The van der Waals surface area contributed by atoms with E-state index in [-0.39, 0.29) is 5.56 Å². The van der Waals surface area contributed by atoms with Crippen molar-refractivity contribution >= 4 is 5.82 Å². The maximum atomic E-state index is 11.0. The molecule has 0 bridgehead atoms. The third-order valence-electron chi connectivity index (χ3n) is 1.39. The molecule has 1 aromatic heterocycles. The molecule has 1 rings (SSSR count). The Morgan fingerprint density at radius 2 is 2.30 bits per heavy atom. The van der Waals surface area contributed by atoms with Crippen LogP contribution >= 0.6 is 0 Å². The summed E-state index contributed by atoms with van der Waals surface area (Å²) in [5.41, 5.74) is 5.72. The van der Waals surface area contributed by atoms with Crippen LogP contribution < -0.4 is 11.3 Å². The van der Waals surface area contributed by atoms with Crippen LogP contribution in [-0.2, 0) is 7.05 Å². The van der Waals surface area contributed by atoms with Crippen molar-refractivity contribution in [3.8, 4) is 0 Å². The molecule has 0 aromatic carbocycles. The number of nitrogens with two attached hydrogens (primary N) is 1. The number of nitrogens with zero attached hydrogens (tertiary/aromatic N) is 2. The van der Waals surface area contributed by atoms with Gasteiger partial charge in [0.25, 0.3) is 5.56 Å². The van der Waals surface area contributed by atoms with E-state index in [0.717, 1.165) is 0 Å². The summed E-state index contributed by atoms with van der Waals surface area (Å²) in [6.07, 6.45) is 1.47. The number of nitrogen functional groups attached to an aromatic ring is 1. The van der Waals surface area contributed by atoms with Gasteiger partial charge in [-0.15, -0.1) is 0 Å². The lowest BCUT2D eigenvalue weighted by molar-refractivity contribution is 0.837. The molecule has 1 heterocycles. The first-order chi connectivity index (χ1) is 4.63. The molecule has 0 spiro atoms. The molecule has 0 unspecified atom stereocenters. The average Bonchev–Trinajstić information content (AvgIpc) is 1.93. The van der Waals surface area contributed by atoms with Crippen LogP contribution in [0, 0.1) is 6.92 Å². The molecule has 0 aliphatic heterocycles. The van der Waals surface area contributed by atoms with E-state index >= 15 is 0 Å². The lowest BCUT2D eigenvalue weighted by Crippen LogP contribution is -2.22. The maximum absolute atomic E-state index is 11.0. The fraction of sp³-hybridized carbons (Fsp3) is 0.333. The molecular weight excluding hydrogens is 130 g/mol. The molecule has 4 nitrogen and oxygen atoms in total. The van der Waals surface area contributed by atoms with Gasteiger partial charge >= 0.3 is 0 Å². The second kappa shape index (κ2) is 2.13. The monoisotopic (exact) mass is 139 g/mol. The smallest absolute Gasteiger partial charge is 0.273 e. The van der Waals surface area contributed by atoms with Crippen molar-refractivity contribution in [2.75, 3.05) is 5.73 Å². The van der Waals surface area contributed by atoms with Crippen LogP contribution in [0.25, 0.3) is 0 Å². The van der Waals surface area contributed by atoms with Gasteiger partial charge in [0.1, 0.15) is 11.5 Å². The van der Waals surface area contributed by atoms with Gasteiger partial charge in [0.05, 0.1) is 6.20 Å². The highest BCUT2D eigenvalue weighted by atomic mass is 16.1. The number of aryl methyl sites for hydroxylation is 1. The molecule has 0 aliphatic rings. The summed E-state index contributed by atoms with van der Waals surface area (Å²) < 4.78 is 1.36. The summed E-state index contributed by atoms with van der Waals surface area (Å²) in [6.45, 7) is 1.65. The van der Waals surface area contributed by atoms with Crippen LogP contribution in [0.2, 0.25) is 0 Å². The van der Waals surface area contributed by atoms with Crippen molar-refractivity contribution in [1.29, 1.82) is 0 Å². The minimum absolute atomic E-state index is 0.139. The molecule has 0 fully saturated rings. The molecule has 4 heteroatoms. The summed E-state index contributed by atoms with van der Waals surface area (Å²) in [5, 5.41) is 0. The van der Waals surface area contributed by atoms with E-state index in [2.05, 4.69) is 4.98 Å². The second-order valence-electron chi connectivity index (χ2n) is 2.13. The first-order valence-corrected chi connectivity index (χ1v) is 2.91. The summed E-state index contributed by atoms with van der Waals surface area (Å²) in [5.74, 6) is 0.385. The highest BCUT2D eigenvalue weighted by molar-refractivity contribution is 5.25. The Labute approximate surface area is 58.3 Å². The molecule has 0 radical (unpaired) electrons. The SMILES string of the molecule is Cc1ncc(N)n(C)c1=O. The van der Waals surface area contributed by atoms with Crippen LogP contribution in [0.1, 0.15) is 5.69 Å². The van der Waals surface area contributed by atoms with E-state index in [9.17, 15) is 4.79 Å². The molecular formula is C6H9N3O. The Hall–Kier alpha value is -1.32. The average molecular weight is 139 g/mol. The molecule has 1 aromatic rings. The van der Waals surface area contributed by atoms with Crippen molar-refractivity contribution in [1.82, 2.24) is 9.55 Å². The van der Waals surface area contributed by atoms with Gasteiger partial charge in [0, 0.05) is 7.05 Å². The van der Waals surface area contributed by atoms with Crippen molar-refractivity contribution in [2.24, 2.45) is 7.05 Å². The van der Waals surface area contributed by atoms with E-state index in [1.54, 1.807) is 14.0 Å². The van der Waals surface area contributed by atoms with Gasteiger partial charge < -0.3 is 5.73 Å². The summed E-state index contributed by atoms with van der Waals surface area (Å²) in [7, 11) is 1.62. The van der Waals surface area contributed by atoms with Gasteiger partial charge in [-0.3, -0.25) is 14.3 Å². The van der Waals surface area contributed by atoms with Crippen LogP contribution in [0.4, 0.5) is 5.82 Å².